The normalized spacial score (nSPS) is 12.1. The van der Waals surface area contributed by atoms with Crippen LogP contribution in [0.2, 0.25) is 0 Å². The minimum atomic E-state index is -0.400. The smallest absolute Gasteiger partial charge is 0.332 e. The lowest BCUT2D eigenvalue weighted by Crippen LogP contribution is -2.38. The largest absolute Gasteiger partial charge is 0.345 e. The molecule has 0 spiro atoms. The van der Waals surface area contributed by atoms with Gasteiger partial charge in [-0.2, -0.15) is 0 Å². The van der Waals surface area contributed by atoms with Crippen LogP contribution in [0.4, 0.5) is 0 Å². The number of carbonyl (C=O) groups excluding carboxylic acids is 1. The maximum Gasteiger partial charge on any atom is 0.332 e. The number of nitrogens with one attached hydrogen (secondary N) is 1. The lowest BCUT2D eigenvalue weighted by atomic mass is 10.1. The van der Waals surface area contributed by atoms with Crippen LogP contribution in [-0.2, 0) is 13.6 Å². The van der Waals surface area contributed by atoms with Gasteiger partial charge in [0.15, 0.2) is 0 Å². The van der Waals surface area contributed by atoms with Gasteiger partial charge in [-0.05, 0) is 24.1 Å². The van der Waals surface area contributed by atoms with Crippen molar-refractivity contribution in [2.45, 2.75) is 19.5 Å². The molecule has 0 aliphatic carbocycles. The Kier molecular flexibility index (Phi) is 5.37. The summed E-state index contributed by atoms with van der Waals surface area (Å²) in [5.41, 5.74) is 1.07. The fourth-order valence-electron chi connectivity index (χ4n) is 3.39. The summed E-state index contributed by atoms with van der Waals surface area (Å²) in [5.74, 6) is -0.269. The first-order valence-electron chi connectivity index (χ1n) is 9.59. The van der Waals surface area contributed by atoms with Gasteiger partial charge in [0.05, 0.1) is 22.8 Å². The molecule has 1 N–H and O–H groups in total. The van der Waals surface area contributed by atoms with Crippen LogP contribution < -0.4 is 16.6 Å². The molecular weight excluding hydrogens is 398 g/mol. The van der Waals surface area contributed by atoms with Crippen LogP contribution in [0.25, 0.3) is 10.2 Å². The maximum atomic E-state index is 13.0. The van der Waals surface area contributed by atoms with Gasteiger partial charge in [-0.25, -0.2) is 4.79 Å². The van der Waals surface area contributed by atoms with E-state index in [1.54, 1.807) is 13.1 Å². The van der Waals surface area contributed by atoms with Gasteiger partial charge in [0.25, 0.3) is 11.5 Å². The summed E-state index contributed by atoms with van der Waals surface area (Å²) in [5, 5.41) is 3.33. The topological polar surface area (TPSA) is 73.1 Å². The van der Waals surface area contributed by atoms with Crippen molar-refractivity contribution in [1.82, 2.24) is 14.5 Å². The molecule has 4 aromatic rings. The van der Waals surface area contributed by atoms with E-state index in [9.17, 15) is 14.4 Å². The first kappa shape index (κ1) is 19.8. The second-order valence-electron chi connectivity index (χ2n) is 7.15. The van der Waals surface area contributed by atoms with Gasteiger partial charge < -0.3 is 5.32 Å². The van der Waals surface area contributed by atoms with Crippen molar-refractivity contribution in [2.24, 2.45) is 7.05 Å². The van der Waals surface area contributed by atoms with E-state index >= 15 is 0 Å². The lowest BCUT2D eigenvalue weighted by Gasteiger charge is -2.13. The van der Waals surface area contributed by atoms with Gasteiger partial charge in [-0.1, -0.05) is 60.7 Å². The molecule has 0 saturated heterocycles. The Labute approximate surface area is 177 Å². The highest BCUT2D eigenvalue weighted by Crippen LogP contribution is 2.23. The van der Waals surface area contributed by atoms with Crippen LogP contribution in [0, 0.1) is 0 Å². The van der Waals surface area contributed by atoms with E-state index in [1.807, 2.05) is 67.6 Å². The Bertz CT molecular complexity index is 1320. The second-order valence-corrected chi connectivity index (χ2v) is 8.18. The first-order chi connectivity index (χ1) is 14.5. The number of hydrogen-bond donors (Lipinski definition) is 1. The summed E-state index contributed by atoms with van der Waals surface area (Å²) in [4.78, 5) is 39.5. The summed E-state index contributed by atoms with van der Waals surface area (Å²) in [6.07, 6.45) is 0. The molecule has 2 aromatic carbocycles. The molecule has 0 aliphatic rings. The number of fused-ring (bicyclic) bond motifs is 1. The molecule has 6 nitrogen and oxygen atoms in total. The van der Waals surface area contributed by atoms with Crippen LogP contribution >= 0.6 is 11.3 Å². The van der Waals surface area contributed by atoms with E-state index in [2.05, 4.69) is 5.32 Å². The fraction of sp³-hybridized carbons (Fsp3) is 0.174. The van der Waals surface area contributed by atoms with Crippen molar-refractivity contribution in [3.63, 3.8) is 0 Å². The third-order valence-electron chi connectivity index (χ3n) is 5.06. The quantitative estimate of drug-likeness (QED) is 0.539. The molecule has 1 atom stereocenters. The zero-order chi connectivity index (χ0) is 21.3. The van der Waals surface area contributed by atoms with Gasteiger partial charge in [0.2, 0.25) is 0 Å². The number of hydrogen-bond acceptors (Lipinski definition) is 4. The van der Waals surface area contributed by atoms with Crippen molar-refractivity contribution < 1.29 is 4.79 Å². The molecule has 7 heteroatoms. The molecule has 2 aromatic heterocycles. The number of aromatic nitrogens is 2. The fourth-order valence-corrected chi connectivity index (χ4v) is 4.40. The predicted molar refractivity (Wildman–Crippen MR) is 119 cm³/mol. The minimum absolute atomic E-state index is 0.178. The predicted octanol–water partition coefficient (Wildman–Crippen LogP) is 3.30. The number of thiophene rings is 1. The molecular formula is C23H21N3O3S. The number of carbonyl (C=O) groups is 1. The van der Waals surface area contributed by atoms with Crippen LogP contribution in [0.15, 0.2) is 76.3 Å². The van der Waals surface area contributed by atoms with Gasteiger partial charge in [0.1, 0.15) is 4.83 Å². The Hall–Kier alpha value is -3.45. The van der Waals surface area contributed by atoms with Gasteiger partial charge in [-0.3, -0.25) is 18.7 Å². The molecule has 152 valence electrons. The number of aryl methyl sites for hydroxylation is 1. The van der Waals surface area contributed by atoms with Crippen molar-refractivity contribution in [2.75, 3.05) is 0 Å². The molecule has 0 radical (unpaired) electrons. The highest BCUT2D eigenvalue weighted by molar-refractivity contribution is 7.20. The zero-order valence-corrected chi connectivity index (χ0v) is 17.5. The van der Waals surface area contributed by atoms with E-state index in [4.69, 9.17) is 0 Å². The van der Waals surface area contributed by atoms with Crippen molar-refractivity contribution >= 4 is 27.5 Å². The lowest BCUT2D eigenvalue weighted by molar-refractivity contribution is 0.0944. The van der Waals surface area contributed by atoms with Crippen molar-refractivity contribution in [1.29, 1.82) is 0 Å². The molecule has 0 saturated carbocycles. The average molecular weight is 420 g/mol. The first-order valence-corrected chi connectivity index (χ1v) is 10.4. The molecule has 30 heavy (non-hydrogen) atoms. The third-order valence-corrected chi connectivity index (χ3v) is 6.28. The standard InChI is InChI=1S/C23H21N3O3S/c1-15(17-11-7-4-8-12-17)24-20(27)19-13-18-21(28)26(14-16-9-5-3-6-10-16)23(29)25(2)22(18)30-19/h3-13,15H,14H2,1-2H3,(H,24,27). The van der Waals surface area contributed by atoms with E-state index in [1.165, 1.54) is 9.13 Å². The number of benzene rings is 2. The zero-order valence-electron chi connectivity index (χ0n) is 16.7. The number of rotatable bonds is 5. The third kappa shape index (κ3) is 3.71. The Balaban J connectivity index is 1.69. The highest BCUT2D eigenvalue weighted by atomic mass is 32.1. The highest BCUT2D eigenvalue weighted by Gasteiger charge is 2.19. The minimum Gasteiger partial charge on any atom is -0.345 e. The maximum absolute atomic E-state index is 13.0. The SMILES string of the molecule is CC(NC(=O)c1cc2c(=O)n(Cc3ccccc3)c(=O)n(C)c2s1)c1ccccc1. The van der Waals surface area contributed by atoms with E-state index in [0.29, 0.717) is 15.1 Å². The Morgan fingerprint density at radius 3 is 2.33 bits per heavy atom. The van der Waals surface area contributed by atoms with E-state index < -0.39 is 5.69 Å². The van der Waals surface area contributed by atoms with Crippen molar-refractivity contribution in [3.8, 4) is 0 Å². The average Bonchev–Trinajstić information content (AvgIpc) is 3.22. The van der Waals surface area contributed by atoms with Gasteiger partial charge >= 0.3 is 5.69 Å². The Morgan fingerprint density at radius 1 is 1.03 bits per heavy atom. The van der Waals surface area contributed by atoms with Gasteiger partial charge in [-0.15, -0.1) is 11.3 Å². The summed E-state index contributed by atoms with van der Waals surface area (Å²) in [6.45, 7) is 2.09. The van der Waals surface area contributed by atoms with E-state index in [-0.39, 0.29) is 24.1 Å². The van der Waals surface area contributed by atoms with Crippen LogP contribution in [0.5, 0.6) is 0 Å². The monoisotopic (exact) mass is 419 g/mol. The molecule has 1 unspecified atom stereocenters. The number of nitrogens with zero attached hydrogens (tertiary/aromatic N) is 2. The van der Waals surface area contributed by atoms with Crippen LogP contribution in [-0.4, -0.2) is 15.0 Å². The molecule has 0 bridgehead atoms. The summed E-state index contributed by atoms with van der Waals surface area (Å²) in [6, 6.07) is 20.4. The van der Waals surface area contributed by atoms with Crippen molar-refractivity contribution in [3.05, 3.63) is 104 Å². The Morgan fingerprint density at radius 2 is 1.67 bits per heavy atom. The second kappa shape index (κ2) is 8.12. The molecule has 0 fully saturated rings. The summed E-state index contributed by atoms with van der Waals surface area (Å²) < 4.78 is 2.64. The van der Waals surface area contributed by atoms with E-state index in [0.717, 1.165) is 22.5 Å². The summed E-state index contributed by atoms with van der Waals surface area (Å²) in [7, 11) is 1.62. The van der Waals surface area contributed by atoms with Crippen LogP contribution in [0.3, 0.4) is 0 Å². The van der Waals surface area contributed by atoms with Gasteiger partial charge in [0, 0.05) is 7.05 Å². The molecule has 2 heterocycles. The van der Waals surface area contributed by atoms with Crippen LogP contribution in [0.1, 0.15) is 33.8 Å². The molecule has 0 aliphatic heterocycles. The summed E-state index contributed by atoms with van der Waals surface area (Å²) >= 11 is 1.15. The molecule has 4 rings (SSSR count). The number of amides is 1. The molecule has 1 amide bonds.